The molecule has 10 heteroatoms. The van der Waals surface area contributed by atoms with Crippen molar-refractivity contribution in [2.75, 3.05) is 17.2 Å². The summed E-state index contributed by atoms with van der Waals surface area (Å²) in [7, 11) is 0. The number of carbonyl (C=O) groups is 1. The van der Waals surface area contributed by atoms with Crippen LogP contribution in [-0.4, -0.2) is 43.9 Å². The molecule has 0 bridgehead atoms. The monoisotopic (exact) mass is 457 g/mol. The normalized spacial score (nSPS) is 15.5. The number of nitrogens with zero attached hydrogens (tertiary/aromatic N) is 4. The second kappa shape index (κ2) is 10.1. The molecule has 1 fully saturated rings. The third-order valence-corrected chi connectivity index (χ3v) is 5.18. The summed E-state index contributed by atoms with van der Waals surface area (Å²) in [5.74, 6) is 1.12. The first-order valence-corrected chi connectivity index (χ1v) is 11.0. The molecule has 10 nitrogen and oxygen atoms in total. The number of rotatable bonds is 6. The number of amides is 1. The number of benzene rings is 1. The standard InChI is InChI=1S/C24H23N7O3/c32-24(34-21-8-1-2-12-33-21)29-18-7-3-6-17(13-18)28-23-26-11-9-19(31-23)20-15-27-22(30-20)16-5-4-10-25-14-16/h3-7,9-11,13-15,21H,1-2,8,12H2,(H,27,30)(H,29,32)(H,26,28,31). The number of H-pyrrole nitrogens is 1. The van der Waals surface area contributed by atoms with Gasteiger partial charge in [-0.05, 0) is 49.2 Å². The zero-order valence-corrected chi connectivity index (χ0v) is 18.3. The Morgan fingerprint density at radius 3 is 2.85 bits per heavy atom. The second-order valence-corrected chi connectivity index (χ2v) is 7.68. The van der Waals surface area contributed by atoms with Crippen LogP contribution in [-0.2, 0) is 9.47 Å². The lowest BCUT2D eigenvalue weighted by atomic mass is 10.2. The van der Waals surface area contributed by atoms with E-state index in [2.05, 4.69) is 35.6 Å². The van der Waals surface area contributed by atoms with Crippen molar-refractivity contribution in [3.63, 3.8) is 0 Å². The lowest BCUT2D eigenvalue weighted by Gasteiger charge is -2.22. The molecule has 34 heavy (non-hydrogen) atoms. The minimum absolute atomic E-state index is 0.408. The number of ether oxygens (including phenoxy) is 2. The number of pyridine rings is 1. The highest BCUT2D eigenvalue weighted by Gasteiger charge is 2.18. The van der Waals surface area contributed by atoms with Gasteiger partial charge in [-0.3, -0.25) is 10.3 Å². The molecule has 5 rings (SSSR count). The van der Waals surface area contributed by atoms with Gasteiger partial charge in [0.1, 0.15) is 5.82 Å². The lowest BCUT2D eigenvalue weighted by molar-refractivity contribution is -0.123. The van der Waals surface area contributed by atoms with E-state index < -0.39 is 12.4 Å². The number of imidazole rings is 1. The number of aromatic amines is 1. The molecule has 1 unspecified atom stereocenters. The maximum Gasteiger partial charge on any atom is 0.413 e. The SMILES string of the molecule is O=C(Nc1cccc(Nc2nccc(-c3cnc(-c4cccnc4)[nH]3)n2)c1)OC1CCCCO1. The van der Waals surface area contributed by atoms with Crippen molar-refractivity contribution in [2.45, 2.75) is 25.6 Å². The molecule has 1 amide bonds. The van der Waals surface area contributed by atoms with Gasteiger partial charge in [-0.15, -0.1) is 0 Å². The van der Waals surface area contributed by atoms with Gasteiger partial charge in [0.2, 0.25) is 12.2 Å². The molecule has 1 atom stereocenters. The van der Waals surface area contributed by atoms with Crippen LogP contribution in [0.2, 0.25) is 0 Å². The van der Waals surface area contributed by atoms with Gasteiger partial charge in [-0.1, -0.05) is 6.07 Å². The van der Waals surface area contributed by atoms with Gasteiger partial charge in [-0.25, -0.2) is 19.7 Å². The molecule has 4 heterocycles. The number of aromatic nitrogens is 5. The Kier molecular flexibility index (Phi) is 6.39. The molecule has 1 saturated heterocycles. The van der Waals surface area contributed by atoms with Crippen LogP contribution < -0.4 is 10.6 Å². The van der Waals surface area contributed by atoms with Crippen molar-refractivity contribution in [1.29, 1.82) is 0 Å². The summed E-state index contributed by atoms with van der Waals surface area (Å²) in [6.07, 6.45) is 8.49. The van der Waals surface area contributed by atoms with Crippen LogP contribution in [0.4, 0.5) is 22.1 Å². The van der Waals surface area contributed by atoms with Gasteiger partial charge in [0.05, 0.1) is 24.2 Å². The maximum atomic E-state index is 12.2. The average Bonchev–Trinajstić information content (AvgIpc) is 3.36. The molecule has 1 aliphatic heterocycles. The first-order valence-electron chi connectivity index (χ1n) is 11.0. The molecular weight excluding hydrogens is 434 g/mol. The summed E-state index contributed by atoms with van der Waals surface area (Å²) in [4.78, 5) is 32.9. The molecular formula is C24H23N7O3. The summed E-state index contributed by atoms with van der Waals surface area (Å²) in [6.45, 7) is 0.611. The van der Waals surface area contributed by atoms with E-state index in [1.807, 2.05) is 24.3 Å². The van der Waals surface area contributed by atoms with E-state index in [0.717, 1.165) is 24.1 Å². The zero-order valence-electron chi connectivity index (χ0n) is 18.3. The Morgan fingerprint density at radius 1 is 1.06 bits per heavy atom. The van der Waals surface area contributed by atoms with E-state index in [4.69, 9.17) is 9.47 Å². The fraction of sp³-hybridized carbons (Fsp3) is 0.208. The van der Waals surface area contributed by atoms with Crippen molar-refractivity contribution >= 4 is 23.4 Å². The van der Waals surface area contributed by atoms with Gasteiger partial charge in [0, 0.05) is 41.9 Å². The topological polar surface area (TPSA) is 127 Å². The molecule has 0 saturated carbocycles. The van der Waals surface area contributed by atoms with Crippen LogP contribution >= 0.6 is 0 Å². The predicted molar refractivity (Wildman–Crippen MR) is 126 cm³/mol. The first-order chi connectivity index (χ1) is 16.7. The Hall–Kier alpha value is -4.31. The van der Waals surface area contributed by atoms with Crippen molar-refractivity contribution in [3.8, 4) is 22.8 Å². The molecule has 1 aliphatic rings. The summed E-state index contributed by atoms with van der Waals surface area (Å²) >= 11 is 0. The molecule has 0 radical (unpaired) electrons. The quantitative estimate of drug-likeness (QED) is 0.379. The van der Waals surface area contributed by atoms with Crippen molar-refractivity contribution in [1.82, 2.24) is 24.9 Å². The van der Waals surface area contributed by atoms with E-state index in [0.29, 0.717) is 41.9 Å². The molecule has 172 valence electrons. The summed E-state index contributed by atoms with van der Waals surface area (Å²) in [5, 5.41) is 5.89. The van der Waals surface area contributed by atoms with Crippen LogP contribution in [0.15, 0.2) is 67.3 Å². The number of carbonyl (C=O) groups excluding carboxylic acids is 1. The van der Waals surface area contributed by atoms with Gasteiger partial charge < -0.3 is 19.8 Å². The number of anilines is 3. The van der Waals surface area contributed by atoms with Gasteiger partial charge in [0.15, 0.2) is 0 Å². The Balaban J connectivity index is 1.25. The van der Waals surface area contributed by atoms with E-state index >= 15 is 0 Å². The fourth-order valence-electron chi connectivity index (χ4n) is 3.54. The summed E-state index contributed by atoms with van der Waals surface area (Å²) < 4.78 is 10.8. The molecule has 4 aromatic rings. The van der Waals surface area contributed by atoms with E-state index in [9.17, 15) is 4.79 Å². The Bertz CT molecular complexity index is 1260. The minimum Gasteiger partial charge on any atom is -0.419 e. The van der Waals surface area contributed by atoms with Gasteiger partial charge in [0.25, 0.3) is 0 Å². The fourth-order valence-corrected chi connectivity index (χ4v) is 3.54. The van der Waals surface area contributed by atoms with Crippen molar-refractivity contribution in [2.24, 2.45) is 0 Å². The van der Waals surface area contributed by atoms with E-state index in [-0.39, 0.29) is 0 Å². The van der Waals surface area contributed by atoms with Crippen LogP contribution in [0, 0.1) is 0 Å². The number of nitrogens with one attached hydrogen (secondary N) is 3. The summed E-state index contributed by atoms with van der Waals surface area (Å²) in [6, 6.07) is 12.8. The molecule has 0 spiro atoms. The zero-order chi connectivity index (χ0) is 23.2. The molecule has 3 aromatic heterocycles. The van der Waals surface area contributed by atoms with E-state index in [1.54, 1.807) is 43.0 Å². The largest absolute Gasteiger partial charge is 0.419 e. The average molecular weight is 457 g/mol. The number of hydrogen-bond donors (Lipinski definition) is 3. The van der Waals surface area contributed by atoms with Gasteiger partial charge >= 0.3 is 6.09 Å². The minimum atomic E-state index is -0.550. The van der Waals surface area contributed by atoms with Crippen LogP contribution in [0.1, 0.15) is 19.3 Å². The number of hydrogen-bond acceptors (Lipinski definition) is 8. The molecule has 1 aromatic carbocycles. The Labute approximate surface area is 195 Å². The highest BCUT2D eigenvalue weighted by Crippen LogP contribution is 2.23. The third kappa shape index (κ3) is 5.36. The predicted octanol–water partition coefficient (Wildman–Crippen LogP) is 4.75. The smallest absolute Gasteiger partial charge is 0.413 e. The van der Waals surface area contributed by atoms with E-state index in [1.165, 1.54) is 0 Å². The third-order valence-electron chi connectivity index (χ3n) is 5.18. The lowest BCUT2D eigenvalue weighted by Crippen LogP contribution is -2.27. The van der Waals surface area contributed by atoms with Gasteiger partial charge in [-0.2, -0.15) is 0 Å². The maximum absolute atomic E-state index is 12.2. The molecule has 0 aliphatic carbocycles. The highest BCUT2D eigenvalue weighted by molar-refractivity contribution is 5.85. The van der Waals surface area contributed by atoms with Crippen LogP contribution in [0.3, 0.4) is 0 Å². The first kappa shape index (κ1) is 21.5. The summed E-state index contributed by atoms with van der Waals surface area (Å²) in [5.41, 5.74) is 3.62. The Morgan fingerprint density at radius 2 is 2.00 bits per heavy atom. The van der Waals surface area contributed by atoms with Crippen LogP contribution in [0.25, 0.3) is 22.8 Å². The van der Waals surface area contributed by atoms with Crippen LogP contribution in [0.5, 0.6) is 0 Å². The molecule has 3 N–H and O–H groups in total. The van der Waals surface area contributed by atoms with Crippen molar-refractivity contribution < 1.29 is 14.3 Å². The second-order valence-electron chi connectivity index (χ2n) is 7.68. The van der Waals surface area contributed by atoms with Crippen molar-refractivity contribution in [3.05, 3.63) is 67.3 Å². The highest BCUT2D eigenvalue weighted by atomic mass is 16.7.